The highest BCUT2D eigenvalue weighted by Gasteiger charge is 2.19. The van der Waals surface area contributed by atoms with Crippen LogP contribution in [0.2, 0.25) is 0 Å². The van der Waals surface area contributed by atoms with Crippen LogP contribution in [-0.2, 0) is 6.42 Å². The fraction of sp³-hybridized carbons (Fsp3) is 0.0455. The molecule has 1 aromatic heterocycles. The number of furan rings is 1. The molecule has 0 spiro atoms. The van der Waals surface area contributed by atoms with E-state index in [1.807, 2.05) is 0 Å². The highest BCUT2D eigenvalue weighted by molar-refractivity contribution is 6.24. The summed E-state index contributed by atoms with van der Waals surface area (Å²) in [5, 5.41) is 9.87. The molecule has 0 saturated heterocycles. The second-order valence-corrected chi connectivity index (χ2v) is 11.9. The Balaban J connectivity index is 1.35. The third kappa shape index (κ3) is 4.01. The van der Waals surface area contributed by atoms with Crippen molar-refractivity contribution in [3.63, 3.8) is 0 Å². The Morgan fingerprint density at radius 3 is 1.71 bits per heavy atom. The quantitative estimate of drug-likeness (QED) is 0.191. The number of benzene rings is 8. The average molecular weight is 575 g/mol. The molecule has 0 aliphatic heterocycles. The number of rotatable bonds is 4. The summed E-state index contributed by atoms with van der Waals surface area (Å²) in [6.07, 6.45) is 1.00. The summed E-state index contributed by atoms with van der Waals surface area (Å²) < 4.78 is 6.65. The van der Waals surface area contributed by atoms with Gasteiger partial charge in [-0.3, -0.25) is 0 Å². The van der Waals surface area contributed by atoms with Crippen molar-refractivity contribution in [2.75, 3.05) is 0 Å². The van der Waals surface area contributed by atoms with Crippen LogP contribution in [0.4, 0.5) is 0 Å². The molecule has 9 aromatic rings. The van der Waals surface area contributed by atoms with Gasteiger partial charge < -0.3 is 4.42 Å². The third-order valence-corrected chi connectivity index (χ3v) is 9.39. The van der Waals surface area contributed by atoms with E-state index in [4.69, 9.17) is 4.42 Å². The summed E-state index contributed by atoms with van der Waals surface area (Å²) in [5.74, 6) is 0. The van der Waals surface area contributed by atoms with Gasteiger partial charge in [-0.1, -0.05) is 140 Å². The van der Waals surface area contributed by atoms with E-state index >= 15 is 0 Å². The van der Waals surface area contributed by atoms with Crippen LogP contribution >= 0.6 is 0 Å². The van der Waals surface area contributed by atoms with Gasteiger partial charge in [0.25, 0.3) is 0 Å². The van der Waals surface area contributed by atoms with E-state index in [-0.39, 0.29) is 0 Å². The van der Waals surface area contributed by atoms with E-state index in [1.54, 1.807) is 0 Å². The second kappa shape index (κ2) is 10.2. The number of hydrogen-bond acceptors (Lipinski definition) is 1. The lowest BCUT2D eigenvalue weighted by molar-refractivity contribution is 0.670. The monoisotopic (exact) mass is 574 g/mol. The van der Waals surface area contributed by atoms with Gasteiger partial charge in [-0.05, 0) is 90.3 Å². The molecule has 1 heteroatoms. The van der Waals surface area contributed by atoms with Gasteiger partial charge in [-0.25, -0.2) is 0 Å². The van der Waals surface area contributed by atoms with Gasteiger partial charge in [0.05, 0.1) is 0 Å². The predicted octanol–water partition coefficient (Wildman–Crippen LogP) is 12.6. The first-order valence-corrected chi connectivity index (χ1v) is 15.7. The minimum Gasteiger partial charge on any atom is -0.455 e. The molecule has 0 aliphatic rings. The van der Waals surface area contributed by atoms with Crippen LogP contribution in [-0.4, -0.2) is 0 Å². The van der Waals surface area contributed by atoms with Gasteiger partial charge in [-0.15, -0.1) is 0 Å². The molecule has 8 aromatic carbocycles. The number of hydrogen-bond donors (Lipinski definition) is 0. The van der Waals surface area contributed by atoms with Crippen LogP contribution in [0.25, 0.3) is 87.6 Å². The van der Waals surface area contributed by atoms with Gasteiger partial charge in [0.2, 0.25) is 0 Å². The molecular weight excluding hydrogens is 544 g/mol. The van der Waals surface area contributed by atoms with Crippen molar-refractivity contribution in [1.29, 1.82) is 0 Å². The predicted molar refractivity (Wildman–Crippen MR) is 192 cm³/mol. The Labute approximate surface area is 262 Å². The molecule has 45 heavy (non-hydrogen) atoms. The van der Waals surface area contributed by atoms with Crippen molar-refractivity contribution < 1.29 is 4.42 Å². The number of aryl methyl sites for hydroxylation is 1. The lowest BCUT2D eigenvalue weighted by Crippen LogP contribution is -1.91. The zero-order valence-corrected chi connectivity index (χ0v) is 25.0. The zero-order chi connectivity index (χ0) is 29.9. The third-order valence-electron chi connectivity index (χ3n) is 9.39. The van der Waals surface area contributed by atoms with Crippen molar-refractivity contribution >= 4 is 54.3 Å². The molecule has 0 aliphatic carbocycles. The minimum atomic E-state index is 0.922. The van der Waals surface area contributed by atoms with Crippen molar-refractivity contribution in [3.8, 4) is 33.4 Å². The zero-order valence-electron chi connectivity index (χ0n) is 25.0. The lowest BCUT2D eigenvalue weighted by Gasteiger charge is -2.18. The maximum Gasteiger partial charge on any atom is 0.143 e. The number of para-hydroxylation sites is 1. The highest BCUT2D eigenvalue weighted by atomic mass is 16.3. The summed E-state index contributed by atoms with van der Waals surface area (Å²) in [5.41, 5.74) is 10.5. The van der Waals surface area contributed by atoms with E-state index in [0.717, 1.165) is 34.1 Å². The van der Waals surface area contributed by atoms with Crippen LogP contribution in [0.1, 0.15) is 12.5 Å². The Bertz CT molecular complexity index is 2510. The van der Waals surface area contributed by atoms with E-state index < -0.39 is 0 Å². The standard InChI is InChI=1S/C44H30O/c1-2-28-23-24-33-32(25-28)27-39(44-43(33)38-21-10-11-22-40(38)45-44)30-15-12-16-31(26-30)42-36-19-8-6-17-34(36)41(29-13-4-3-5-14-29)35-18-7-9-20-37(35)42/h3-27H,2H2,1H3. The van der Waals surface area contributed by atoms with Gasteiger partial charge in [0, 0.05) is 16.3 Å². The minimum absolute atomic E-state index is 0.922. The van der Waals surface area contributed by atoms with Crippen LogP contribution in [0.3, 0.4) is 0 Å². The Hall–Kier alpha value is -5.66. The van der Waals surface area contributed by atoms with Gasteiger partial charge in [0.15, 0.2) is 0 Å². The summed E-state index contributed by atoms with van der Waals surface area (Å²) in [4.78, 5) is 0. The maximum absolute atomic E-state index is 6.65. The van der Waals surface area contributed by atoms with Crippen molar-refractivity contribution in [2.24, 2.45) is 0 Å². The van der Waals surface area contributed by atoms with E-state index in [2.05, 4.69) is 159 Å². The summed E-state index contributed by atoms with van der Waals surface area (Å²) in [6.45, 7) is 2.22. The average Bonchev–Trinajstić information content (AvgIpc) is 3.50. The molecule has 0 saturated carbocycles. The first-order chi connectivity index (χ1) is 22.3. The first-order valence-electron chi connectivity index (χ1n) is 15.7. The van der Waals surface area contributed by atoms with E-state index in [1.165, 1.54) is 65.5 Å². The molecule has 0 atom stereocenters. The van der Waals surface area contributed by atoms with Crippen molar-refractivity contribution in [1.82, 2.24) is 0 Å². The van der Waals surface area contributed by atoms with Crippen LogP contribution in [0.15, 0.2) is 156 Å². The number of fused-ring (bicyclic) bond motifs is 7. The fourth-order valence-electron chi connectivity index (χ4n) is 7.31. The molecule has 212 valence electrons. The molecule has 1 nitrogen and oxygen atoms in total. The summed E-state index contributed by atoms with van der Waals surface area (Å²) in [7, 11) is 0. The summed E-state index contributed by atoms with van der Waals surface area (Å²) in [6, 6.07) is 55.1. The largest absolute Gasteiger partial charge is 0.455 e. The molecule has 1 heterocycles. The van der Waals surface area contributed by atoms with Crippen LogP contribution < -0.4 is 0 Å². The van der Waals surface area contributed by atoms with Crippen molar-refractivity contribution in [3.05, 3.63) is 157 Å². The molecule has 9 rings (SSSR count). The van der Waals surface area contributed by atoms with Gasteiger partial charge in [0.1, 0.15) is 11.2 Å². The van der Waals surface area contributed by atoms with Gasteiger partial charge in [-0.2, -0.15) is 0 Å². The van der Waals surface area contributed by atoms with Crippen LogP contribution in [0, 0.1) is 0 Å². The Morgan fingerprint density at radius 1 is 0.444 bits per heavy atom. The topological polar surface area (TPSA) is 13.1 Å². The molecule has 0 fully saturated rings. The molecular formula is C44H30O. The Kier molecular flexibility index (Phi) is 5.86. The normalized spacial score (nSPS) is 11.8. The van der Waals surface area contributed by atoms with E-state index in [0.29, 0.717) is 0 Å². The van der Waals surface area contributed by atoms with Crippen molar-refractivity contribution in [2.45, 2.75) is 13.3 Å². The molecule has 0 unspecified atom stereocenters. The second-order valence-electron chi connectivity index (χ2n) is 11.9. The lowest BCUT2D eigenvalue weighted by atomic mass is 9.85. The Morgan fingerprint density at radius 2 is 1.02 bits per heavy atom. The SMILES string of the molecule is CCc1ccc2c(c1)cc(-c1cccc(-c3c4ccccc4c(-c4ccccc4)c4ccccc34)c1)c1oc3ccccc3c12. The van der Waals surface area contributed by atoms with E-state index in [9.17, 15) is 0 Å². The molecule has 0 bridgehead atoms. The summed E-state index contributed by atoms with van der Waals surface area (Å²) >= 11 is 0. The first kappa shape index (κ1) is 25.8. The molecule has 0 amide bonds. The molecule has 0 N–H and O–H groups in total. The molecule has 0 radical (unpaired) electrons. The van der Waals surface area contributed by atoms with Crippen LogP contribution in [0.5, 0.6) is 0 Å². The maximum atomic E-state index is 6.65. The fourth-order valence-corrected chi connectivity index (χ4v) is 7.31. The highest BCUT2D eigenvalue weighted by Crippen LogP contribution is 2.46. The van der Waals surface area contributed by atoms with Gasteiger partial charge >= 0.3 is 0 Å². The smallest absolute Gasteiger partial charge is 0.143 e.